The fourth-order valence-corrected chi connectivity index (χ4v) is 2.15. The van der Waals surface area contributed by atoms with Crippen molar-refractivity contribution in [3.05, 3.63) is 52.8 Å². The first kappa shape index (κ1) is 11.9. The molecule has 0 spiro atoms. The summed E-state index contributed by atoms with van der Waals surface area (Å²) in [4.78, 5) is 0. The maximum Gasteiger partial charge on any atom is 0.0605 e. The number of nitrogens with zero attached hydrogens (tertiary/aromatic N) is 2. The number of hydrogen-bond donors (Lipinski definition) is 1. The van der Waals surface area contributed by atoms with Crippen molar-refractivity contribution >= 4 is 0 Å². The summed E-state index contributed by atoms with van der Waals surface area (Å²) in [6.45, 7) is 6.88. The number of aromatic nitrogens is 2. The highest BCUT2D eigenvalue weighted by molar-refractivity contribution is 5.28. The van der Waals surface area contributed by atoms with E-state index in [-0.39, 0.29) is 6.04 Å². The van der Waals surface area contributed by atoms with Gasteiger partial charge in [-0.1, -0.05) is 24.3 Å². The van der Waals surface area contributed by atoms with Crippen LogP contribution < -0.4 is 5.73 Å². The van der Waals surface area contributed by atoms with Gasteiger partial charge in [0.1, 0.15) is 0 Å². The van der Waals surface area contributed by atoms with Crippen LogP contribution in [0.5, 0.6) is 0 Å². The van der Waals surface area contributed by atoms with Gasteiger partial charge in [0.2, 0.25) is 0 Å². The fourth-order valence-electron chi connectivity index (χ4n) is 2.15. The van der Waals surface area contributed by atoms with Crippen molar-refractivity contribution in [2.75, 3.05) is 0 Å². The predicted molar refractivity (Wildman–Crippen MR) is 69.8 cm³/mol. The molecule has 0 amide bonds. The molecule has 0 saturated carbocycles. The highest BCUT2D eigenvalue weighted by atomic mass is 15.3. The second kappa shape index (κ2) is 4.72. The second-order valence-electron chi connectivity index (χ2n) is 4.57. The van der Waals surface area contributed by atoms with Gasteiger partial charge in [0, 0.05) is 11.7 Å². The third-order valence-corrected chi connectivity index (χ3v) is 3.06. The summed E-state index contributed by atoms with van der Waals surface area (Å²) in [6.07, 6.45) is 0. The van der Waals surface area contributed by atoms with Crippen LogP contribution in [-0.4, -0.2) is 9.78 Å². The third-order valence-electron chi connectivity index (χ3n) is 3.06. The van der Waals surface area contributed by atoms with Gasteiger partial charge in [-0.15, -0.1) is 0 Å². The van der Waals surface area contributed by atoms with E-state index < -0.39 is 0 Å². The van der Waals surface area contributed by atoms with Gasteiger partial charge in [-0.25, -0.2) is 0 Å². The molecule has 1 aromatic carbocycles. The molecule has 0 aliphatic rings. The standard InChI is InChI=1S/C14H19N3/c1-10-6-4-5-7-13(10)14(15)9-17-12(3)8-11(2)16-17/h4-8,14H,9,15H2,1-3H3. The minimum atomic E-state index is -0.00537. The molecule has 0 aliphatic carbocycles. The molecule has 0 saturated heterocycles. The molecule has 1 aromatic heterocycles. The number of hydrogen-bond acceptors (Lipinski definition) is 2. The molecule has 2 rings (SSSR count). The highest BCUT2D eigenvalue weighted by Crippen LogP contribution is 2.17. The van der Waals surface area contributed by atoms with Gasteiger partial charge in [0.25, 0.3) is 0 Å². The molecule has 1 atom stereocenters. The zero-order valence-electron chi connectivity index (χ0n) is 10.6. The second-order valence-corrected chi connectivity index (χ2v) is 4.57. The normalized spacial score (nSPS) is 12.7. The fraction of sp³-hybridized carbons (Fsp3) is 0.357. The highest BCUT2D eigenvalue weighted by Gasteiger charge is 2.11. The monoisotopic (exact) mass is 229 g/mol. The summed E-state index contributed by atoms with van der Waals surface area (Å²) in [5.74, 6) is 0. The molecule has 0 fully saturated rings. The van der Waals surface area contributed by atoms with Crippen molar-refractivity contribution in [1.82, 2.24) is 9.78 Å². The Labute approximate surface area is 102 Å². The van der Waals surface area contributed by atoms with Crippen molar-refractivity contribution in [2.24, 2.45) is 5.73 Å². The summed E-state index contributed by atoms with van der Waals surface area (Å²) in [6, 6.07) is 10.3. The Morgan fingerprint density at radius 2 is 1.94 bits per heavy atom. The van der Waals surface area contributed by atoms with E-state index in [2.05, 4.69) is 37.1 Å². The number of nitrogens with two attached hydrogens (primary N) is 1. The Bertz CT molecular complexity index is 514. The predicted octanol–water partition coefficient (Wildman–Crippen LogP) is 2.51. The molecule has 3 heteroatoms. The van der Waals surface area contributed by atoms with Crippen LogP contribution >= 0.6 is 0 Å². The average Bonchev–Trinajstić information content (AvgIpc) is 2.58. The molecule has 90 valence electrons. The molecule has 0 radical (unpaired) electrons. The molecule has 17 heavy (non-hydrogen) atoms. The van der Waals surface area contributed by atoms with E-state index in [1.54, 1.807) is 0 Å². The van der Waals surface area contributed by atoms with Crippen LogP contribution in [0.4, 0.5) is 0 Å². The Morgan fingerprint density at radius 1 is 1.24 bits per heavy atom. The van der Waals surface area contributed by atoms with Crippen LogP contribution in [-0.2, 0) is 6.54 Å². The van der Waals surface area contributed by atoms with Crippen molar-refractivity contribution in [2.45, 2.75) is 33.4 Å². The van der Waals surface area contributed by atoms with E-state index in [9.17, 15) is 0 Å². The molecule has 2 aromatic rings. The van der Waals surface area contributed by atoms with Crippen LogP contribution in [0.3, 0.4) is 0 Å². The van der Waals surface area contributed by atoms with E-state index in [0.717, 1.165) is 17.9 Å². The summed E-state index contributed by atoms with van der Waals surface area (Å²) in [5, 5.41) is 4.44. The van der Waals surface area contributed by atoms with Gasteiger partial charge in [-0.3, -0.25) is 4.68 Å². The van der Waals surface area contributed by atoms with Gasteiger partial charge in [-0.2, -0.15) is 5.10 Å². The largest absolute Gasteiger partial charge is 0.322 e. The van der Waals surface area contributed by atoms with Crippen LogP contribution in [0, 0.1) is 20.8 Å². The van der Waals surface area contributed by atoms with Gasteiger partial charge in [0.15, 0.2) is 0 Å². The van der Waals surface area contributed by atoms with Crippen molar-refractivity contribution < 1.29 is 0 Å². The SMILES string of the molecule is Cc1cc(C)n(CC(N)c2ccccc2C)n1. The number of rotatable bonds is 3. The summed E-state index contributed by atoms with van der Waals surface area (Å²) in [5.41, 5.74) is 10.9. The summed E-state index contributed by atoms with van der Waals surface area (Å²) < 4.78 is 1.98. The van der Waals surface area contributed by atoms with Gasteiger partial charge in [0.05, 0.1) is 12.2 Å². The van der Waals surface area contributed by atoms with E-state index in [0.29, 0.717) is 0 Å². The number of benzene rings is 1. The first-order valence-corrected chi connectivity index (χ1v) is 5.90. The van der Waals surface area contributed by atoms with Crippen LogP contribution in [0.2, 0.25) is 0 Å². The smallest absolute Gasteiger partial charge is 0.0605 e. The minimum absolute atomic E-state index is 0.00537. The lowest BCUT2D eigenvalue weighted by atomic mass is 10.0. The molecule has 3 nitrogen and oxygen atoms in total. The topological polar surface area (TPSA) is 43.8 Å². The van der Waals surface area contributed by atoms with Crippen molar-refractivity contribution in [1.29, 1.82) is 0 Å². The summed E-state index contributed by atoms with van der Waals surface area (Å²) >= 11 is 0. The molecule has 1 heterocycles. The average molecular weight is 229 g/mol. The van der Waals surface area contributed by atoms with Crippen LogP contribution in [0.15, 0.2) is 30.3 Å². The van der Waals surface area contributed by atoms with Gasteiger partial charge >= 0.3 is 0 Å². The maximum atomic E-state index is 6.25. The lowest BCUT2D eigenvalue weighted by Crippen LogP contribution is -2.20. The Balaban J connectivity index is 2.20. The lowest BCUT2D eigenvalue weighted by molar-refractivity contribution is 0.513. The van der Waals surface area contributed by atoms with Crippen molar-refractivity contribution in [3.63, 3.8) is 0 Å². The molecule has 1 unspecified atom stereocenters. The zero-order valence-corrected chi connectivity index (χ0v) is 10.6. The molecular weight excluding hydrogens is 210 g/mol. The molecule has 0 aliphatic heterocycles. The maximum absolute atomic E-state index is 6.25. The van der Waals surface area contributed by atoms with E-state index in [1.165, 1.54) is 11.1 Å². The summed E-state index contributed by atoms with van der Waals surface area (Å²) in [7, 11) is 0. The Hall–Kier alpha value is -1.61. The van der Waals surface area contributed by atoms with Gasteiger partial charge < -0.3 is 5.73 Å². The minimum Gasteiger partial charge on any atom is -0.322 e. The molecule has 2 N–H and O–H groups in total. The quantitative estimate of drug-likeness (QED) is 0.878. The number of aryl methyl sites for hydroxylation is 3. The van der Waals surface area contributed by atoms with Crippen LogP contribution in [0.25, 0.3) is 0 Å². The van der Waals surface area contributed by atoms with Gasteiger partial charge in [-0.05, 0) is 38.0 Å². The van der Waals surface area contributed by atoms with E-state index in [4.69, 9.17) is 5.73 Å². The van der Waals surface area contributed by atoms with Crippen LogP contribution in [0.1, 0.15) is 28.6 Å². The Kier molecular flexibility index (Phi) is 3.29. The zero-order chi connectivity index (χ0) is 12.4. The first-order valence-electron chi connectivity index (χ1n) is 5.90. The third kappa shape index (κ3) is 2.56. The van der Waals surface area contributed by atoms with E-state index >= 15 is 0 Å². The molecule has 0 bridgehead atoms. The molecular formula is C14H19N3. The lowest BCUT2D eigenvalue weighted by Gasteiger charge is -2.15. The van der Waals surface area contributed by atoms with Crippen molar-refractivity contribution in [3.8, 4) is 0 Å². The first-order chi connectivity index (χ1) is 8.08. The Morgan fingerprint density at radius 3 is 2.53 bits per heavy atom. The van der Waals surface area contributed by atoms with E-state index in [1.807, 2.05) is 23.7 Å².